The molecule has 0 saturated heterocycles. The fraction of sp³-hybridized carbons (Fsp3) is 0.111. The Hall–Kier alpha value is -0.940. The zero-order valence-corrected chi connectivity index (χ0v) is 9.80. The number of hydrogen-bond donors (Lipinski definition) is 0. The molecule has 0 bridgehead atoms. The summed E-state index contributed by atoms with van der Waals surface area (Å²) in [6.07, 6.45) is 3.38. The summed E-state index contributed by atoms with van der Waals surface area (Å²) in [7, 11) is 1.81. The minimum Gasteiger partial charge on any atom is -0.331 e. The smallest absolute Gasteiger partial charge is 0.229 e. The lowest BCUT2D eigenvalue weighted by atomic mass is 10.2. The van der Waals surface area contributed by atoms with Crippen LogP contribution in [0.1, 0.15) is 16.2 Å². The third kappa shape index (κ3) is 1.65. The molecular formula is C9H7BrN2OS. The highest BCUT2D eigenvalue weighted by Crippen LogP contribution is 2.22. The quantitative estimate of drug-likeness (QED) is 0.786. The molecule has 0 atom stereocenters. The molecule has 2 aromatic heterocycles. The van der Waals surface area contributed by atoms with Crippen LogP contribution in [0.5, 0.6) is 0 Å². The maximum Gasteiger partial charge on any atom is 0.229 e. The van der Waals surface area contributed by atoms with Gasteiger partial charge >= 0.3 is 0 Å². The summed E-state index contributed by atoms with van der Waals surface area (Å²) in [5.41, 5.74) is 0.677. The Morgan fingerprint density at radius 1 is 1.64 bits per heavy atom. The summed E-state index contributed by atoms with van der Waals surface area (Å²) in [6, 6.07) is 1.81. The monoisotopic (exact) mass is 270 g/mol. The van der Waals surface area contributed by atoms with Gasteiger partial charge in [-0.1, -0.05) is 0 Å². The van der Waals surface area contributed by atoms with Crippen molar-refractivity contribution in [1.82, 2.24) is 9.55 Å². The van der Waals surface area contributed by atoms with E-state index in [2.05, 4.69) is 20.9 Å². The molecular weight excluding hydrogens is 264 g/mol. The number of halogens is 1. The molecule has 72 valence electrons. The third-order valence-electron chi connectivity index (χ3n) is 1.85. The van der Waals surface area contributed by atoms with Gasteiger partial charge in [0.05, 0.1) is 3.79 Å². The Labute approximate surface area is 93.5 Å². The molecule has 0 N–H and O–H groups in total. The molecule has 2 aromatic rings. The predicted octanol–water partition coefficient (Wildman–Crippen LogP) is 2.48. The highest BCUT2D eigenvalue weighted by molar-refractivity contribution is 9.11. The van der Waals surface area contributed by atoms with Gasteiger partial charge in [0.1, 0.15) is 0 Å². The van der Waals surface area contributed by atoms with E-state index in [1.165, 1.54) is 11.3 Å². The fourth-order valence-electron chi connectivity index (χ4n) is 1.14. The minimum atomic E-state index is -0.0422. The summed E-state index contributed by atoms with van der Waals surface area (Å²) in [4.78, 5) is 15.8. The number of carbonyl (C=O) groups is 1. The molecule has 2 heterocycles. The lowest BCUT2D eigenvalue weighted by molar-refractivity contribution is 0.102. The lowest BCUT2D eigenvalue weighted by Crippen LogP contribution is -2.07. The van der Waals surface area contributed by atoms with E-state index < -0.39 is 0 Å². The summed E-state index contributed by atoms with van der Waals surface area (Å²) in [5.74, 6) is 0.426. The summed E-state index contributed by atoms with van der Waals surface area (Å²) in [5, 5.41) is 1.82. The molecule has 0 spiro atoms. The first kappa shape index (κ1) is 9.61. The van der Waals surface area contributed by atoms with E-state index in [-0.39, 0.29) is 5.78 Å². The van der Waals surface area contributed by atoms with Crippen molar-refractivity contribution >= 4 is 33.0 Å². The lowest BCUT2D eigenvalue weighted by Gasteiger charge is -1.97. The topological polar surface area (TPSA) is 34.9 Å². The van der Waals surface area contributed by atoms with Gasteiger partial charge < -0.3 is 4.57 Å². The molecule has 0 radical (unpaired) electrons. The first-order valence-corrected chi connectivity index (χ1v) is 5.62. The van der Waals surface area contributed by atoms with E-state index in [1.807, 2.05) is 18.5 Å². The van der Waals surface area contributed by atoms with Gasteiger partial charge in [-0.25, -0.2) is 4.98 Å². The maximum atomic E-state index is 11.8. The number of carbonyl (C=O) groups excluding carboxylic acids is 1. The number of aromatic nitrogens is 2. The van der Waals surface area contributed by atoms with Crippen molar-refractivity contribution in [2.45, 2.75) is 0 Å². The molecule has 14 heavy (non-hydrogen) atoms. The molecule has 0 saturated carbocycles. The SMILES string of the molecule is Cn1ccnc1C(=O)c1csc(Br)c1. The molecule has 0 aliphatic heterocycles. The summed E-state index contributed by atoms with van der Waals surface area (Å²) < 4.78 is 2.67. The number of nitrogens with zero attached hydrogens (tertiary/aromatic N) is 2. The van der Waals surface area contributed by atoms with Crippen LogP contribution in [-0.2, 0) is 7.05 Å². The number of hydrogen-bond acceptors (Lipinski definition) is 3. The van der Waals surface area contributed by atoms with Gasteiger partial charge in [-0.15, -0.1) is 11.3 Å². The second-order valence-corrected chi connectivity index (χ2v) is 5.12. The van der Waals surface area contributed by atoms with Crippen LogP contribution in [0.25, 0.3) is 0 Å². The first-order chi connectivity index (χ1) is 6.68. The minimum absolute atomic E-state index is 0.0422. The van der Waals surface area contributed by atoms with Gasteiger partial charge in [-0.2, -0.15) is 0 Å². The number of rotatable bonds is 2. The summed E-state index contributed by atoms with van der Waals surface area (Å²) in [6.45, 7) is 0. The Bertz CT molecular complexity index is 475. The average molecular weight is 271 g/mol. The molecule has 0 aliphatic carbocycles. The van der Waals surface area contributed by atoms with E-state index >= 15 is 0 Å². The Morgan fingerprint density at radius 3 is 2.93 bits per heavy atom. The number of imidazole rings is 1. The Morgan fingerprint density at radius 2 is 2.43 bits per heavy atom. The van der Waals surface area contributed by atoms with Gasteiger partial charge in [-0.3, -0.25) is 4.79 Å². The standard InChI is InChI=1S/C9H7BrN2OS/c1-12-3-2-11-9(12)8(13)6-4-7(10)14-5-6/h2-5H,1H3. The molecule has 5 heteroatoms. The number of ketones is 1. The van der Waals surface area contributed by atoms with E-state index in [9.17, 15) is 4.79 Å². The largest absolute Gasteiger partial charge is 0.331 e. The molecule has 2 rings (SSSR count). The predicted molar refractivity (Wildman–Crippen MR) is 58.7 cm³/mol. The van der Waals surface area contributed by atoms with E-state index in [0.29, 0.717) is 11.4 Å². The molecule has 0 aromatic carbocycles. The van der Waals surface area contributed by atoms with Crippen LogP contribution in [0.2, 0.25) is 0 Å². The van der Waals surface area contributed by atoms with Gasteiger partial charge in [-0.05, 0) is 22.0 Å². The van der Waals surface area contributed by atoms with E-state index in [4.69, 9.17) is 0 Å². The van der Waals surface area contributed by atoms with Crippen LogP contribution in [0.15, 0.2) is 27.6 Å². The molecule has 0 unspecified atom stereocenters. The van der Waals surface area contributed by atoms with Gasteiger partial charge in [0.25, 0.3) is 0 Å². The van der Waals surface area contributed by atoms with E-state index in [0.717, 1.165) is 3.79 Å². The summed E-state index contributed by atoms with van der Waals surface area (Å²) >= 11 is 4.82. The second-order valence-electron chi connectivity index (χ2n) is 2.83. The van der Waals surface area contributed by atoms with Crippen LogP contribution in [-0.4, -0.2) is 15.3 Å². The van der Waals surface area contributed by atoms with Crippen molar-refractivity contribution in [3.05, 3.63) is 39.0 Å². The van der Waals surface area contributed by atoms with Crippen LogP contribution >= 0.6 is 27.3 Å². The second kappa shape index (κ2) is 3.67. The van der Waals surface area contributed by atoms with Crippen LogP contribution in [0.4, 0.5) is 0 Å². The maximum absolute atomic E-state index is 11.8. The third-order valence-corrected chi connectivity index (χ3v) is 3.36. The van der Waals surface area contributed by atoms with Crippen molar-refractivity contribution in [1.29, 1.82) is 0 Å². The zero-order valence-electron chi connectivity index (χ0n) is 7.40. The zero-order chi connectivity index (χ0) is 10.1. The molecule has 0 aliphatic rings. The van der Waals surface area contributed by atoms with Gasteiger partial charge in [0.15, 0.2) is 5.82 Å². The normalized spacial score (nSPS) is 10.4. The first-order valence-electron chi connectivity index (χ1n) is 3.94. The van der Waals surface area contributed by atoms with Crippen molar-refractivity contribution in [3.8, 4) is 0 Å². The van der Waals surface area contributed by atoms with Gasteiger partial charge in [0, 0.05) is 30.4 Å². The van der Waals surface area contributed by atoms with Crippen molar-refractivity contribution in [3.63, 3.8) is 0 Å². The number of thiophene rings is 1. The molecule has 3 nitrogen and oxygen atoms in total. The van der Waals surface area contributed by atoms with Crippen LogP contribution < -0.4 is 0 Å². The number of aryl methyl sites for hydroxylation is 1. The average Bonchev–Trinajstić information content (AvgIpc) is 2.73. The highest BCUT2D eigenvalue weighted by Gasteiger charge is 2.14. The fourth-order valence-corrected chi connectivity index (χ4v) is 2.28. The van der Waals surface area contributed by atoms with Crippen LogP contribution in [0, 0.1) is 0 Å². The van der Waals surface area contributed by atoms with Crippen molar-refractivity contribution < 1.29 is 4.79 Å². The molecule has 0 fully saturated rings. The highest BCUT2D eigenvalue weighted by atomic mass is 79.9. The Kier molecular flexibility index (Phi) is 2.52. The van der Waals surface area contributed by atoms with Crippen LogP contribution in [0.3, 0.4) is 0 Å². The van der Waals surface area contributed by atoms with Crippen molar-refractivity contribution in [2.24, 2.45) is 7.05 Å². The van der Waals surface area contributed by atoms with Crippen molar-refractivity contribution in [2.75, 3.05) is 0 Å². The van der Waals surface area contributed by atoms with E-state index in [1.54, 1.807) is 17.0 Å². The molecule has 0 amide bonds. The van der Waals surface area contributed by atoms with Gasteiger partial charge in [0.2, 0.25) is 5.78 Å². The Balaban J connectivity index is 2.38.